The lowest BCUT2D eigenvalue weighted by Gasteiger charge is -2.43. The molecule has 2 aliphatic rings. The molecule has 0 saturated carbocycles. The summed E-state index contributed by atoms with van der Waals surface area (Å²) in [5.41, 5.74) is -1.58. The lowest BCUT2D eigenvalue weighted by atomic mass is 9.89. The molecule has 1 unspecified atom stereocenters. The second kappa shape index (κ2) is 5.81. The lowest BCUT2D eigenvalue weighted by molar-refractivity contribution is -0.208. The highest BCUT2D eigenvalue weighted by Crippen LogP contribution is 2.39. The number of aliphatic hydroxyl groups excluding tert-OH is 2. The molecule has 1 fully saturated rings. The van der Waals surface area contributed by atoms with Crippen molar-refractivity contribution in [1.29, 1.82) is 0 Å². The molecule has 0 spiro atoms. The van der Waals surface area contributed by atoms with Crippen LogP contribution in [0.25, 0.3) is 0 Å². The van der Waals surface area contributed by atoms with Gasteiger partial charge in [0, 0.05) is 13.6 Å². The Morgan fingerprint density at radius 1 is 1.35 bits per heavy atom. The molecule has 2 rings (SSSR count). The first-order valence-corrected chi connectivity index (χ1v) is 7.83. The SMILES string of the molecule is CCCN(C)C1=N[C@H]2C(O[C@H](C(C)(C)O)[C@@H](O)[C@@H]2O)S1. The van der Waals surface area contributed by atoms with E-state index in [0.717, 1.165) is 18.1 Å². The summed E-state index contributed by atoms with van der Waals surface area (Å²) in [6, 6.07) is -0.483. The van der Waals surface area contributed by atoms with Crippen molar-refractivity contribution in [2.24, 2.45) is 4.99 Å². The van der Waals surface area contributed by atoms with Crippen LogP contribution in [0.5, 0.6) is 0 Å². The molecule has 1 saturated heterocycles. The Kier molecular flexibility index (Phi) is 4.66. The van der Waals surface area contributed by atoms with Gasteiger partial charge in [-0.1, -0.05) is 18.7 Å². The zero-order chi connectivity index (χ0) is 15.1. The van der Waals surface area contributed by atoms with Crippen molar-refractivity contribution in [3.63, 3.8) is 0 Å². The number of hydrogen-bond donors (Lipinski definition) is 3. The number of thioether (sulfide) groups is 1. The van der Waals surface area contributed by atoms with Gasteiger partial charge in [0.05, 0.1) is 5.60 Å². The molecule has 116 valence electrons. The van der Waals surface area contributed by atoms with Crippen molar-refractivity contribution >= 4 is 16.9 Å². The first kappa shape index (κ1) is 16.0. The second-order valence-corrected chi connectivity index (χ2v) is 7.07. The van der Waals surface area contributed by atoms with Crippen molar-refractivity contribution in [2.75, 3.05) is 13.6 Å². The van der Waals surface area contributed by atoms with Crippen molar-refractivity contribution < 1.29 is 20.1 Å². The highest BCUT2D eigenvalue weighted by atomic mass is 32.2. The molecule has 0 bridgehead atoms. The van der Waals surface area contributed by atoms with Gasteiger partial charge in [-0.05, 0) is 20.3 Å². The molecule has 3 N–H and O–H groups in total. The number of amidine groups is 1. The van der Waals surface area contributed by atoms with Gasteiger partial charge in [0.2, 0.25) is 0 Å². The van der Waals surface area contributed by atoms with Crippen molar-refractivity contribution in [3.05, 3.63) is 0 Å². The summed E-state index contributed by atoms with van der Waals surface area (Å²) in [5.74, 6) is 0. The van der Waals surface area contributed by atoms with E-state index >= 15 is 0 Å². The molecule has 0 aliphatic carbocycles. The molecule has 6 nitrogen and oxygen atoms in total. The van der Waals surface area contributed by atoms with E-state index in [9.17, 15) is 15.3 Å². The van der Waals surface area contributed by atoms with Gasteiger partial charge in [0.1, 0.15) is 29.8 Å². The highest BCUT2D eigenvalue weighted by molar-refractivity contribution is 8.14. The summed E-state index contributed by atoms with van der Waals surface area (Å²) in [5, 5.41) is 31.2. The van der Waals surface area contributed by atoms with Gasteiger partial charge in [-0.25, -0.2) is 0 Å². The number of rotatable bonds is 3. The fourth-order valence-corrected chi connectivity index (χ4v) is 3.75. The van der Waals surface area contributed by atoms with Crippen LogP contribution in [0.4, 0.5) is 0 Å². The molecule has 20 heavy (non-hydrogen) atoms. The van der Waals surface area contributed by atoms with Gasteiger partial charge >= 0.3 is 0 Å². The Morgan fingerprint density at radius 2 is 2.00 bits per heavy atom. The molecule has 7 heteroatoms. The Morgan fingerprint density at radius 3 is 2.55 bits per heavy atom. The smallest absolute Gasteiger partial charge is 0.162 e. The van der Waals surface area contributed by atoms with E-state index < -0.39 is 30.0 Å². The molecule has 5 atom stereocenters. The minimum atomic E-state index is -1.22. The van der Waals surface area contributed by atoms with Crippen LogP contribution in [0.2, 0.25) is 0 Å². The predicted octanol–water partition coefficient (Wildman–Crippen LogP) is 0.0172. The quantitative estimate of drug-likeness (QED) is 0.681. The first-order chi connectivity index (χ1) is 9.25. The highest BCUT2D eigenvalue weighted by Gasteiger charge is 2.52. The van der Waals surface area contributed by atoms with E-state index in [1.54, 1.807) is 13.8 Å². The van der Waals surface area contributed by atoms with Gasteiger partial charge in [-0.3, -0.25) is 4.99 Å². The minimum Gasteiger partial charge on any atom is -0.388 e. The molecular weight excluding hydrogens is 280 g/mol. The third-order valence-electron chi connectivity index (χ3n) is 3.63. The van der Waals surface area contributed by atoms with Crippen LogP contribution < -0.4 is 0 Å². The third-order valence-corrected chi connectivity index (χ3v) is 4.88. The van der Waals surface area contributed by atoms with Crippen LogP contribution in [0.1, 0.15) is 27.2 Å². The van der Waals surface area contributed by atoms with Crippen molar-refractivity contribution in [3.8, 4) is 0 Å². The van der Waals surface area contributed by atoms with E-state index in [4.69, 9.17) is 4.74 Å². The monoisotopic (exact) mass is 304 g/mol. The maximum absolute atomic E-state index is 10.2. The van der Waals surface area contributed by atoms with Gasteiger partial charge in [-0.2, -0.15) is 0 Å². The summed E-state index contributed by atoms with van der Waals surface area (Å²) >= 11 is 1.44. The topological polar surface area (TPSA) is 85.5 Å². The van der Waals surface area contributed by atoms with E-state index in [2.05, 4.69) is 11.9 Å². The Balaban J connectivity index is 2.13. The van der Waals surface area contributed by atoms with Gasteiger partial charge < -0.3 is 25.0 Å². The molecule has 0 aromatic rings. The lowest BCUT2D eigenvalue weighted by Crippen LogP contribution is -2.61. The number of fused-ring (bicyclic) bond motifs is 1. The number of ether oxygens (including phenoxy) is 1. The van der Waals surface area contributed by atoms with E-state index in [0.29, 0.717) is 0 Å². The maximum Gasteiger partial charge on any atom is 0.162 e. The maximum atomic E-state index is 10.2. The van der Waals surface area contributed by atoms with Crippen LogP contribution in [0, 0.1) is 0 Å². The zero-order valence-corrected chi connectivity index (χ0v) is 13.2. The molecule has 0 aromatic heterocycles. The summed E-state index contributed by atoms with van der Waals surface area (Å²) in [6.45, 7) is 6.10. The average Bonchev–Trinajstić information content (AvgIpc) is 2.77. The van der Waals surface area contributed by atoms with Crippen molar-refractivity contribution in [2.45, 2.75) is 62.6 Å². The predicted molar refractivity (Wildman–Crippen MR) is 78.7 cm³/mol. The van der Waals surface area contributed by atoms with Crippen LogP contribution in [0.3, 0.4) is 0 Å². The second-order valence-electron chi connectivity index (χ2n) is 6.00. The Bertz CT molecular complexity index is 385. The summed E-state index contributed by atoms with van der Waals surface area (Å²) in [6.07, 6.45) is -1.98. The number of nitrogens with zero attached hydrogens (tertiary/aromatic N) is 2. The van der Waals surface area contributed by atoms with Crippen LogP contribution in [-0.4, -0.2) is 74.4 Å². The molecule has 0 radical (unpaired) electrons. The van der Waals surface area contributed by atoms with E-state index in [1.807, 2.05) is 11.9 Å². The Labute approximate surface area is 123 Å². The molecular formula is C13H24N2O4S. The van der Waals surface area contributed by atoms with Gasteiger partial charge in [0.15, 0.2) is 5.17 Å². The Hall–Kier alpha value is -0.340. The molecule has 0 amide bonds. The average molecular weight is 304 g/mol. The molecule has 2 heterocycles. The summed E-state index contributed by atoms with van der Waals surface area (Å²) in [4.78, 5) is 6.48. The molecule has 0 aromatic carbocycles. The van der Waals surface area contributed by atoms with Crippen LogP contribution >= 0.6 is 11.8 Å². The van der Waals surface area contributed by atoms with Crippen LogP contribution in [-0.2, 0) is 4.74 Å². The fourth-order valence-electron chi connectivity index (χ4n) is 2.55. The summed E-state index contributed by atoms with van der Waals surface area (Å²) < 4.78 is 5.78. The largest absolute Gasteiger partial charge is 0.388 e. The van der Waals surface area contributed by atoms with Gasteiger partial charge in [-0.15, -0.1) is 0 Å². The number of aliphatic imine (C=N–C) groups is 1. The minimum absolute atomic E-state index is 0.362. The molecule has 2 aliphatic heterocycles. The zero-order valence-electron chi connectivity index (χ0n) is 12.4. The number of hydrogen-bond acceptors (Lipinski definition) is 7. The van der Waals surface area contributed by atoms with Crippen LogP contribution in [0.15, 0.2) is 4.99 Å². The van der Waals surface area contributed by atoms with Gasteiger partial charge in [0.25, 0.3) is 0 Å². The third kappa shape index (κ3) is 2.96. The standard InChI is InChI=1S/C13H24N2O4S/c1-5-6-15(4)12-14-7-8(16)9(17)10(13(2,3)18)19-11(7)20-12/h7-11,16-18H,5-6H2,1-4H3/t7-,8-,9+,10+,11?/m1/s1. The fraction of sp³-hybridized carbons (Fsp3) is 0.923. The van der Waals surface area contributed by atoms with E-state index in [1.165, 1.54) is 11.8 Å². The number of aliphatic hydroxyl groups is 3. The van der Waals surface area contributed by atoms with E-state index in [-0.39, 0.29) is 5.44 Å². The van der Waals surface area contributed by atoms with Crippen molar-refractivity contribution in [1.82, 2.24) is 4.90 Å². The normalized spacial score (nSPS) is 37.5. The summed E-state index contributed by atoms with van der Waals surface area (Å²) in [7, 11) is 1.95. The first-order valence-electron chi connectivity index (χ1n) is 6.95.